The van der Waals surface area contributed by atoms with Crippen molar-refractivity contribution in [2.75, 3.05) is 16.8 Å². The minimum absolute atomic E-state index is 0.0604. The van der Waals surface area contributed by atoms with Crippen LogP contribution in [0.15, 0.2) is 42.5 Å². The zero-order chi connectivity index (χ0) is 18.2. The summed E-state index contributed by atoms with van der Waals surface area (Å²) in [5.74, 6) is -0.387. The number of nitrogens with zero attached hydrogens (tertiary/aromatic N) is 2. The molecule has 1 aliphatic rings. The molecule has 25 heavy (non-hydrogen) atoms. The highest BCUT2D eigenvalue weighted by atomic mass is 16.2. The number of fused-ring (bicyclic) bond motifs is 1. The van der Waals surface area contributed by atoms with Crippen LogP contribution in [0.5, 0.6) is 0 Å². The molecule has 2 aromatic rings. The maximum atomic E-state index is 12.8. The van der Waals surface area contributed by atoms with Gasteiger partial charge in [-0.15, -0.1) is 0 Å². The molecule has 0 radical (unpaired) electrons. The molecule has 1 aliphatic heterocycles. The first-order valence-electron chi connectivity index (χ1n) is 8.06. The number of amides is 2. The standard InChI is InChI=1S/C20H19N3O2/c1-13-7-8-17-16(9-13)20(2,3)19(25)23(17)12-18(24)22-15-6-4-5-14(10-15)11-21/h4-10H,12H2,1-3H3,(H,22,24). The summed E-state index contributed by atoms with van der Waals surface area (Å²) in [5.41, 5.74) is 3.16. The van der Waals surface area contributed by atoms with Crippen molar-refractivity contribution < 1.29 is 9.59 Å². The minimum Gasteiger partial charge on any atom is -0.324 e. The number of rotatable bonds is 3. The van der Waals surface area contributed by atoms with Crippen molar-refractivity contribution in [2.24, 2.45) is 0 Å². The molecule has 5 nitrogen and oxygen atoms in total. The summed E-state index contributed by atoms with van der Waals surface area (Å²) in [5, 5.41) is 11.7. The molecule has 0 atom stereocenters. The number of nitrogens with one attached hydrogen (secondary N) is 1. The normalized spacial score (nSPS) is 14.8. The van der Waals surface area contributed by atoms with E-state index in [0.29, 0.717) is 11.3 Å². The lowest BCUT2D eigenvalue weighted by molar-refractivity contribution is -0.124. The van der Waals surface area contributed by atoms with Crippen LogP contribution in [0.2, 0.25) is 0 Å². The van der Waals surface area contributed by atoms with E-state index in [4.69, 9.17) is 5.26 Å². The average Bonchev–Trinajstić information content (AvgIpc) is 2.76. The molecule has 1 N–H and O–H groups in total. The van der Waals surface area contributed by atoms with Crippen molar-refractivity contribution in [1.29, 1.82) is 5.26 Å². The third kappa shape index (κ3) is 2.99. The molecule has 5 heteroatoms. The average molecular weight is 333 g/mol. The number of hydrogen-bond acceptors (Lipinski definition) is 3. The second-order valence-corrected chi connectivity index (χ2v) is 6.78. The van der Waals surface area contributed by atoms with Crippen LogP contribution in [0.3, 0.4) is 0 Å². The molecule has 3 rings (SSSR count). The van der Waals surface area contributed by atoms with Crippen LogP contribution in [-0.4, -0.2) is 18.4 Å². The van der Waals surface area contributed by atoms with Crippen LogP contribution in [-0.2, 0) is 15.0 Å². The van der Waals surface area contributed by atoms with E-state index in [-0.39, 0.29) is 18.4 Å². The predicted octanol–water partition coefficient (Wildman–Crippen LogP) is 3.13. The molecule has 0 aliphatic carbocycles. The largest absolute Gasteiger partial charge is 0.324 e. The predicted molar refractivity (Wildman–Crippen MR) is 96.3 cm³/mol. The number of carbonyl (C=O) groups is 2. The van der Waals surface area contributed by atoms with Gasteiger partial charge < -0.3 is 10.2 Å². The first kappa shape index (κ1) is 16.7. The van der Waals surface area contributed by atoms with E-state index in [1.54, 1.807) is 24.3 Å². The molecular weight excluding hydrogens is 314 g/mol. The number of aryl methyl sites for hydroxylation is 1. The van der Waals surface area contributed by atoms with Gasteiger partial charge in [0, 0.05) is 11.4 Å². The van der Waals surface area contributed by atoms with Gasteiger partial charge in [0.2, 0.25) is 11.8 Å². The number of nitriles is 1. The molecule has 0 spiro atoms. The van der Waals surface area contributed by atoms with E-state index in [9.17, 15) is 9.59 Å². The lowest BCUT2D eigenvalue weighted by Gasteiger charge is -2.20. The van der Waals surface area contributed by atoms with Crippen LogP contribution in [0.4, 0.5) is 11.4 Å². The lowest BCUT2D eigenvalue weighted by Crippen LogP contribution is -2.40. The highest BCUT2D eigenvalue weighted by Crippen LogP contribution is 2.41. The maximum Gasteiger partial charge on any atom is 0.244 e. The van der Waals surface area contributed by atoms with E-state index in [0.717, 1.165) is 16.8 Å². The first-order chi connectivity index (χ1) is 11.8. The summed E-state index contributed by atoms with van der Waals surface area (Å²) < 4.78 is 0. The van der Waals surface area contributed by atoms with Gasteiger partial charge in [-0.2, -0.15) is 5.26 Å². The molecule has 0 saturated heterocycles. The molecule has 0 fully saturated rings. The molecule has 1 heterocycles. The molecule has 0 aromatic heterocycles. The Morgan fingerprint density at radius 1 is 1.24 bits per heavy atom. The Labute approximate surface area is 146 Å². The number of hydrogen-bond donors (Lipinski definition) is 1. The van der Waals surface area contributed by atoms with E-state index >= 15 is 0 Å². The van der Waals surface area contributed by atoms with Crippen LogP contribution >= 0.6 is 0 Å². The topological polar surface area (TPSA) is 73.2 Å². The number of benzene rings is 2. The van der Waals surface area contributed by atoms with Crippen LogP contribution in [0.1, 0.15) is 30.5 Å². The van der Waals surface area contributed by atoms with Crippen LogP contribution in [0, 0.1) is 18.3 Å². The van der Waals surface area contributed by atoms with Crippen molar-refractivity contribution in [1.82, 2.24) is 0 Å². The van der Waals surface area contributed by atoms with Crippen molar-refractivity contribution >= 4 is 23.2 Å². The second kappa shape index (κ2) is 6.06. The second-order valence-electron chi connectivity index (χ2n) is 6.78. The highest BCUT2D eigenvalue weighted by molar-refractivity contribution is 6.11. The lowest BCUT2D eigenvalue weighted by atomic mass is 9.85. The zero-order valence-corrected chi connectivity index (χ0v) is 14.5. The number of carbonyl (C=O) groups excluding carboxylic acids is 2. The maximum absolute atomic E-state index is 12.8. The van der Waals surface area contributed by atoms with Gasteiger partial charge in [-0.25, -0.2) is 0 Å². The van der Waals surface area contributed by atoms with E-state index in [1.165, 1.54) is 4.90 Å². The van der Waals surface area contributed by atoms with Crippen LogP contribution in [0.25, 0.3) is 0 Å². The van der Waals surface area contributed by atoms with E-state index in [2.05, 4.69) is 5.32 Å². The van der Waals surface area contributed by atoms with Gasteiger partial charge in [0.25, 0.3) is 0 Å². The molecule has 126 valence electrons. The van der Waals surface area contributed by atoms with Gasteiger partial charge in [-0.05, 0) is 50.6 Å². The summed E-state index contributed by atoms with van der Waals surface area (Å²) in [6.45, 7) is 5.68. The fraction of sp³-hybridized carbons (Fsp3) is 0.250. The molecule has 0 bridgehead atoms. The quantitative estimate of drug-likeness (QED) is 0.938. The van der Waals surface area contributed by atoms with Gasteiger partial charge in [0.15, 0.2) is 0 Å². The summed E-state index contributed by atoms with van der Waals surface area (Å²) in [4.78, 5) is 26.7. The summed E-state index contributed by atoms with van der Waals surface area (Å²) >= 11 is 0. The summed E-state index contributed by atoms with van der Waals surface area (Å²) in [7, 11) is 0. The Morgan fingerprint density at radius 2 is 2.00 bits per heavy atom. The van der Waals surface area contributed by atoms with Gasteiger partial charge >= 0.3 is 0 Å². The third-order valence-corrected chi connectivity index (χ3v) is 4.47. The molecular formula is C20H19N3O2. The van der Waals surface area contributed by atoms with Crippen LogP contribution < -0.4 is 10.2 Å². The van der Waals surface area contributed by atoms with Gasteiger partial charge in [-0.3, -0.25) is 9.59 Å². The minimum atomic E-state index is -0.650. The Morgan fingerprint density at radius 3 is 2.72 bits per heavy atom. The Bertz CT molecular complexity index is 909. The summed E-state index contributed by atoms with van der Waals surface area (Å²) in [6.07, 6.45) is 0. The van der Waals surface area contributed by atoms with Crippen molar-refractivity contribution in [3.05, 3.63) is 59.2 Å². The molecule has 2 aromatic carbocycles. The van der Waals surface area contributed by atoms with Crippen molar-refractivity contribution in [2.45, 2.75) is 26.2 Å². The first-order valence-corrected chi connectivity index (χ1v) is 8.06. The Hall–Kier alpha value is -3.13. The smallest absolute Gasteiger partial charge is 0.244 e. The number of anilines is 2. The zero-order valence-electron chi connectivity index (χ0n) is 14.5. The molecule has 0 saturated carbocycles. The Balaban J connectivity index is 1.82. The van der Waals surface area contributed by atoms with E-state index in [1.807, 2.05) is 45.0 Å². The van der Waals surface area contributed by atoms with Crippen molar-refractivity contribution in [3.63, 3.8) is 0 Å². The SMILES string of the molecule is Cc1ccc2c(c1)C(C)(C)C(=O)N2CC(=O)Nc1cccc(C#N)c1. The fourth-order valence-corrected chi connectivity index (χ4v) is 3.12. The third-order valence-electron chi connectivity index (χ3n) is 4.47. The van der Waals surface area contributed by atoms with Gasteiger partial charge in [-0.1, -0.05) is 23.8 Å². The van der Waals surface area contributed by atoms with E-state index < -0.39 is 5.41 Å². The van der Waals surface area contributed by atoms with Gasteiger partial charge in [0.05, 0.1) is 17.0 Å². The fourth-order valence-electron chi connectivity index (χ4n) is 3.12. The van der Waals surface area contributed by atoms with Gasteiger partial charge in [0.1, 0.15) is 6.54 Å². The molecule has 0 unspecified atom stereocenters. The van der Waals surface area contributed by atoms with Crippen molar-refractivity contribution in [3.8, 4) is 6.07 Å². The Kier molecular flexibility index (Phi) is 4.05. The monoisotopic (exact) mass is 333 g/mol. The highest BCUT2D eigenvalue weighted by Gasteiger charge is 2.44. The summed E-state index contributed by atoms with van der Waals surface area (Å²) in [6, 6.07) is 14.6. The molecule has 2 amide bonds.